The molecule has 1 aliphatic rings. The SMILES string of the molecule is C=CCOCC1CN(CC(=O)N(C)C)Cc2ccnn2C1. The highest BCUT2D eigenvalue weighted by Crippen LogP contribution is 2.16. The Balaban J connectivity index is 2.03. The number of hydrogen-bond donors (Lipinski definition) is 0. The van der Waals surface area contributed by atoms with Crippen molar-refractivity contribution in [3.63, 3.8) is 0 Å². The number of fused-ring (bicyclic) bond motifs is 1. The number of carbonyl (C=O) groups is 1. The number of nitrogens with zero attached hydrogens (tertiary/aromatic N) is 4. The van der Waals surface area contributed by atoms with Crippen molar-refractivity contribution in [1.29, 1.82) is 0 Å². The highest BCUT2D eigenvalue weighted by molar-refractivity contribution is 5.77. The molecule has 6 heteroatoms. The molecule has 0 spiro atoms. The number of amides is 1. The molecule has 1 aromatic heterocycles. The van der Waals surface area contributed by atoms with E-state index in [0.29, 0.717) is 25.7 Å². The molecule has 2 rings (SSSR count). The van der Waals surface area contributed by atoms with Crippen molar-refractivity contribution >= 4 is 5.91 Å². The van der Waals surface area contributed by atoms with E-state index in [1.165, 1.54) is 0 Å². The summed E-state index contributed by atoms with van der Waals surface area (Å²) in [4.78, 5) is 15.8. The Bertz CT molecular complexity index is 484. The molecule has 0 aromatic carbocycles. The van der Waals surface area contributed by atoms with E-state index < -0.39 is 0 Å². The summed E-state index contributed by atoms with van der Waals surface area (Å²) in [7, 11) is 3.57. The molecular weight excluding hydrogens is 268 g/mol. The van der Waals surface area contributed by atoms with Crippen LogP contribution in [0.5, 0.6) is 0 Å². The van der Waals surface area contributed by atoms with Crippen LogP contribution in [-0.4, -0.2) is 65.9 Å². The van der Waals surface area contributed by atoms with Gasteiger partial charge in [-0.15, -0.1) is 6.58 Å². The molecule has 0 saturated heterocycles. The minimum Gasteiger partial charge on any atom is -0.377 e. The molecule has 1 aromatic rings. The van der Waals surface area contributed by atoms with Gasteiger partial charge in [0, 0.05) is 45.8 Å². The first-order chi connectivity index (χ1) is 10.1. The van der Waals surface area contributed by atoms with E-state index in [2.05, 4.69) is 16.6 Å². The molecule has 1 amide bonds. The van der Waals surface area contributed by atoms with Gasteiger partial charge >= 0.3 is 0 Å². The van der Waals surface area contributed by atoms with Crippen LogP contribution in [-0.2, 0) is 22.6 Å². The van der Waals surface area contributed by atoms with Gasteiger partial charge in [-0.05, 0) is 6.07 Å². The predicted octanol–water partition coefficient (Wildman–Crippen LogP) is 0.606. The lowest BCUT2D eigenvalue weighted by atomic mass is 10.1. The maximum atomic E-state index is 12.0. The summed E-state index contributed by atoms with van der Waals surface area (Å²) in [6.07, 6.45) is 3.57. The topological polar surface area (TPSA) is 50.6 Å². The molecule has 21 heavy (non-hydrogen) atoms. The minimum absolute atomic E-state index is 0.119. The second-order valence-corrected chi connectivity index (χ2v) is 5.65. The standard InChI is InChI=1S/C15H24N4O2/c1-4-7-21-12-13-8-18(11-15(20)17(2)3)10-14-5-6-16-19(14)9-13/h4-6,13H,1,7-12H2,2-3H3. The van der Waals surface area contributed by atoms with Crippen molar-refractivity contribution in [3.05, 3.63) is 30.6 Å². The monoisotopic (exact) mass is 292 g/mol. The van der Waals surface area contributed by atoms with Gasteiger partial charge in [0.1, 0.15) is 0 Å². The van der Waals surface area contributed by atoms with E-state index in [-0.39, 0.29) is 5.91 Å². The fraction of sp³-hybridized carbons (Fsp3) is 0.600. The summed E-state index contributed by atoms with van der Waals surface area (Å²) >= 11 is 0. The summed E-state index contributed by atoms with van der Waals surface area (Å²) in [6.45, 7) is 7.70. The van der Waals surface area contributed by atoms with Gasteiger partial charge in [-0.25, -0.2) is 0 Å². The van der Waals surface area contributed by atoms with E-state index >= 15 is 0 Å². The van der Waals surface area contributed by atoms with Crippen LogP contribution >= 0.6 is 0 Å². The molecule has 1 unspecified atom stereocenters. The third kappa shape index (κ3) is 4.41. The Morgan fingerprint density at radius 2 is 2.38 bits per heavy atom. The number of ether oxygens (including phenoxy) is 1. The first-order valence-corrected chi connectivity index (χ1v) is 7.22. The van der Waals surface area contributed by atoms with Crippen LogP contribution in [0.4, 0.5) is 0 Å². The third-order valence-electron chi connectivity index (χ3n) is 3.58. The molecule has 6 nitrogen and oxygen atoms in total. The van der Waals surface area contributed by atoms with Crippen molar-refractivity contribution in [2.45, 2.75) is 13.1 Å². The summed E-state index contributed by atoms with van der Waals surface area (Å²) in [6, 6.07) is 2.01. The molecule has 0 aliphatic carbocycles. The quantitative estimate of drug-likeness (QED) is 0.569. The Morgan fingerprint density at radius 3 is 3.10 bits per heavy atom. The highest BCUT2D eigenvalue weighted by atomic mass is 16.5. The minimum atomic E-state index is 0.119. The van der Waals surface area contributed by atoms with Crippen molar-refractivity contribution in [3.8, 4) is 0 Å². The summed E-state index contributed by atoms with van der Waals surface area (Å²) in [5.74, 6) is 0.440. The molecule has 116 valence electrons. The molecule has 0 saturated carbocycles. The first kappa shape index (κ1) is 15.7. The Hall–Kier alpha value is -1.66. The van der Waals surface area contributed by atoms with E-state index in [1.807, 2.05) is 16.9 Å². The van der Waals surface area contributed by atoms with Gasteiger partial charge in [-0.2, -0.15) is 5.10 Å². The second kappa shape index (κ2) is 7.38. The number of aromatic nitrogens is 2. The van der Waals surface area contributed by atoms with Crippen molar-refractivity contribution in [2.75, 3.05) is 40.4 Å². The van der Waals surface area contributed by atoms with Gasteiger partial charge < -0.3 is 9.64 Å². The summed E-state index contributed by atoms with van der Waals surface area (Å²) < 4.78 is 7.60. The van der Waals surface area contributed by atoms with Crippen molar-refractivity contribution in [1.82, 2.24) is 19.6 Å². The number of carbonyl (C=O) groups excluding carboxylic acids is 1. The average molecular weight is 292 g/mol. The molecule has 1 aliphatic heterocycles. The predicted molar refractivity (Wildman–Crippen MR) is 80.7 cm³/mol. The zero-order valence-electron chi connectivity index (χ0n) is 12.9. The van der Waals surface area contributed by atoms with Crippen LogP contribution in [0, 0.1) is 5.92 Å². The van der Waals surface area contributed by atoms with Crippen LogP contribution in [0.25, 0.3) is 0 Å². The van der Waals surface area contributed by atoms with Crippen LogP contribution < -0.4 is 0 Å². The lowest BCUT2D eigenvalue weighted by Gasteiger charge is -2.24. The van der Waals surface area contributed by atoms with Gasteiger partial charge in [-0.3, -0.25) is 14.4 Å². The van der Waals surface area contributed by atoms with Gasteiger partial charge in [0.15, 0.2) is 0 Å². The molecule has 0 radical (unpaired) electrons. The second-order valence-electron chi connectivity index (χ2n) is 5.65. The third-order valence-corrected chi connectivity index (χ3v) is 3.58. The zero-order valence-corrected chi connectivity index (χ0v) is 12.9. The van der Waals surface area contributed by atoms with Crippen molar-refractivity contribution < 1.29 is 9.53 Å². The molecular formula is C15H24N4O2. The van der Waals surface area contributed by atoms with Gasteiger partial charge in [-0.1, -0.05) is 6.08 Å². The average Bonchev–Trinajstić information content (AvgIpc) is 2.79. The smallest absolute Gasteiger partial charge is 0.236 e. The largest absolute Gasteiger partial charge is 0.377 e. The molecule has 0 N–H and O–H groups in total. The maximum Gasteiger partial charge on any atom is 0.236 e. The Morgan fingerprint density at radius 1 is 1.57 bits per heavy atom. The van der Waals surface area contributed by atoms with Crippen LogP contribution in [0.2, 0.25) is 0 Å². The molecule has 2 heterocycles. The number of rotatable bonds is 6. The highest BCUT2D eigenvalue weighted by Gasteiger charge is 2.24. The fourth-order valence-electron chi connectivity index (χ4n) is 2.50. The van der Waals surface area contributed by atoms with Crippen molar-refractivity contribution in [2.24, 2.45) is 5.92 Å². The Labute approximate surface area is 126 Å². The fourth-order valence-corrected chi connectivity index (χ4v) is 2.50. The number of hydrogen-bond acceptors (Lipinski definition) is 4. The van der Waals surface area contributed by atoms with Gasteiger partial charge in [0.05, 0.1) is 25.5 Å². The van der Waals surface area contributed by atoms with E-state index in [9.17, 15) is 4.79 Å². The van der Waals surface area contributed by atoms with Crippen LogP contribution in [0.1, 0.15) is 5.69 Å². The van der Waals surface area contributed by atoms with Gasteiger partial charge in [0.2, 0.25) is 5.91 Å². The molecule has 0 bridgehead atoms. The number of likely N-dealkylation sites (N-methyl/N-ethyl adjacent to an activating group) is 1. The molecule has 0 fully saturated rings. The van der Waals surface area contributed by atoms with Gasteiger partial charge in [0.25, 0.3) is 0 Å². The van der Waals surface area contributed by atoms with Crippen LogP contribution in [0.3, 0.4) is 0 Å². The summed E-state index contributed by atoms with van der Waals surface area (Å²) in [5, 5.41) is 4.36. The first-order valence-electron chi connectivity index (χ1n) is 7.22. The lowest BCUT2D eigenvalue weighted by Crippen LogP contribution is -2.38. The van der Waals surface area contributed by atoms with E-state index in [1.54, 1.807) is 25.1 Å². The van der Waals surface area contributed by atoms with Crippen LogP contribution in [0.15, 0.2) is 24.9 Å². The molecule has 1 atom stereocenters. The maximum absolute atomic E-state index is 12.0. The lowest BCUT2D eigenvalue weighted by molar-refractivity contribution is -0.130. The summed E-state index contributed by atoms with van der Waals surface area (Å²) in [5.41, 5.74) is 1.15. The normalized spacial score (nSPS) is 18.9. The Kier molecular flexibility index (Phi) is 5.52. The van der Waals surface area contributed by atoms with E-state index in [0.717, 1.165) is 25.3 Å². The van der Waals surface area contributed by atoms with E-state index in [4.69, 9.17) is 4.74 Å². The zero-order chi connectivity index (χ0) is 15.2.